The summed E-state index contributed by atoms with van der Waals surface area (Å²) in [6, 6.07) is 0. The summed E-state index contributed by atoms with van der Waals surface area (Å²) in [7, 11) is 0. The number of hydrogen-bond donors (Lipinski definition) is 0. The molecule has 1 aliphatic heterocycles. The lowest BCUT2D eigenvalue weighted by molar-refractivity contribution is 0.0523. The Kier molecular flexibility index (Phi) is 1.04. The van der Waals surface area contributed by atoms with E-state index in [1.54, 1.807) is 13.8 Å². The number of ether oxygens (including phenoxy) is 1. The van der Waals surface area contributed by atoms with Crippen molar-refractivity contribution in [2.45, 2.75) is 26.6 Å². The van der Waals surface area contributed by atoms with Crippen molar-refractivity contribution in [3.63, 3.8) is 0 Å². The molecular weight excluding hydrogens is 112 g/mol. The van der Waals surface area contributed by atoms with Gasteiger partial charge < -0.3 is 4.74 Å². The van der Waals surface area contributed by atoms with Crippen LogP contribution in [0.1, 0.15) is 33.4 Å². The van der Waals surface area contributed by atoms with Gasteiger partial charge in [-0.05, 0) is 24.6 Å². The molecule has 0 amide bonds. The third-order valence-electron chi connectivity index (χ3n) is 1.31. The molecule has 0 atom stereocenters. The maximum absolute atomic E-state index is 8.05. The molecule has 1 nitrogen and oxygen atoms in total. The van der Waals surface area contributed by atoms with E-state index in [0.717, 1.165) is 0 Å². The van der Waals surface area contributed by atoms with Crippen LogP contribution in [0.15, 0.2) is 0 Å². The first kappa shape index (κ1) is 2.91. The van der Waals surface area contributed by atoms with Crippen LogP contribution in [0, 0.1) is 11.8 Å². The highest BCUT2D eigenvalue weighted by Gasteiger charge is 2.16. The Hall–Kier alpha value is -0.0400. The Balaban J connectivity index is 3.15. The molecule has 54 valence electrons. The van der Waals surface area contributed by atoms with Gasteiger partial charge in [-0.1, -0.05) is 13.8 Å². The summed E-state index contributed by atoms with van der Waals surface area (Å²) < 4.78 is 43.6. The smallest absolute Gasteiger partial charge is 0.0468 e. The normalized spacial score (nSPS) is 45.9. The maximum Gasteiger partial charge on any atom is 0.0468 e. The molecular formula is C8H16O. The van der Waals surface area contributed by atoms with E-state index in [2.05, 4.69) is 0 Å². The summed E-state index contributed by atoms with van der Waals surface area (Å²) in [4.78, 5) is 0. The van der Waals surface area contributed by atoms with Gasteiger partial charge in [-0.3, -0.25) is 0 Å². The summed E-state index contributed by atoms with van der Waals surface area (Å²) in [6.45, 7) is 2.95. The molecule has 1 saturated heterocycles. The quantitative estimate of drug-likeness (QED) is 0.532. The number of hydrogen-bond acceptors (Lipinski definition) is 1. The van der Waals surface area contributed by atoms with Crippen molar-refractivity contribution in [3.8, 4) is 0 Å². The summed E-state index contributed by atoms with van der Waals surface area (Å²) >= 11 is 0. The summed E-state index contributed by atoms with van der Waals surface area (Å²) in [5.41, 5.74) is 0. The molecule has 1 fully saturated rings. The third-order valence-corrected chi connectivity index (χ3v) is 1.31. The first-order valence-electron chi connectivity index (χ1n) is 5.73. The second-order valence-corrected chi connectivity index (χ2v) is 2.41. The van der Waals surface area contributed by atoms with E-state index in [9.17, 15) is 0 Å². The first-order chi connectivity index (χ1) is 6.15. The molecule has 0 aliphatic carbocycles. The van der Waals surface area contributed by atoms with Gasteiger partial charge in [0.05, 0.1) is 0 Å². The molecule has 9 heavy (non-hydrogen) atoms. The van der Waals surface area contributed by atoms with E-state index in [1.165, 1.54) is 0 Å². The van der Waals surface area contributed by atoms with Gasteiger partial charge >= 0.3 is 0 Å². The standard InChI is InChI=1S/C8H16O/c1-7(2)8-3-5-9-6-4-8/h7-8H,3-6H2,1-2H3/i3D2,4D2,8D. The number of rotatable bonds is 1. The topological polar surface area (TPSA) is 9.23 Å². The van der Waals surface area contributed by atoms with E-state index in [4.69, 9.17) is 11.6 Å². The lowest BCUT2D eigenvalue weighted by Gasteiger charge is -2.24. The van der Waals surface area contributed by atoms with Crippen molar-refractivity contribution in [3.05, 3.63) is 0 Å². The SMILES string of the molecule is [2H]C1([2H])COCC([2H])([2H])C1([2H])C(C)C. The van der Waals surface area contributed by atoms with E-state index in [1.807, 2.05) is 0 Å². The fraction of sp³-hybridized carbons (Fsp3) is 1.00. The molecule has 0 saturated carbocycles. The van der Waals surface area contributed by atoms with Crippen LogP contribution in [0.2, 0.25) is 0 Å². The van der Waals surface area contributed by atoms with Gasteiger partial charge in [0.25, 0.3) is 0 Å². The second kappa shape index (κ2) is 3.21. The fourth-order valence-electron chi connectivity index (χ4n) is 0.779. The molecule has 0 N–H and O–H groups in total. The Morgan fingerprint density at radius 2 is 2.11 bits per heavy atom. The lowest BCUT2D eigenvalue weighted by Crippen LogP contribution is -2.19. The third kappa shape index (κ3) is 1.98. The van der Waals surface area contributed by atoms with Gasteiger partial charge in [0.1, 0.15) is 0 Å². The van der Waals surface area contributed by atoms with Crippen molar-refractivity contribution in [2.75, 3.05) is 13.2 Å². The molecule has 0 aromatic heterocycles. The van der Waals surface area contributed by atoms with Gasteiger partial charge in [0.15, 0.2) is 0 Å². The maximum atomic E-state index is 8.05. The first-order valence-corrected chi connectivity index (χ1v) is 3.23. The summed E-state index contributed by atoms with van der Waals surface area (Å²) in [5.74, 6) is -2.13. The molecule has 1 aliphatic rings. The van der Waals surface area contributed by atoms with Gasteiger partial charge in [-0.25, -0.2) is 0 Å². The van der Waals surface area contributed by atoms with Gasteiger partial charge in [-0.15, -0.1) is 0 Å². The molecule has 0 aromatic carbocycles. The Labute approximate surface area is 64.4 Å². The molecule has 0 aromatic rings. The molecule has 1 heterocycles. The average Bonchev–Trinajstić information content (AvgIpc) is 1.98. The highest BCUT2D eigenvalue weighted by molar-refractivity contribution is 4.65. The predicted octanol–water partition coefficient (Wildman–Crippen LogP) is 2.07. The molecule has 0 radical (unpaired) electrons. The van der Waals surface area contributed by atoms with Crippen LogP contribution < -0.4 is 0 Å². The van der Waals surface area contributed by atoms with Crippen molar-refractivity contribution < 1.29 is 11.6 Å². The molecule has 0 spiro atoms. The predicted molar refractivity (Wildman–Crippen MR) is 38.4 cm³/mol. The van der Waals surface area contributed by atoms with Crippen LogP contribution in [0.4, 0.5) is 0 Å². The van der Waals surface area contributed by atoms with E-state index < -0.39 is 24.6 Å². The second-order valence-electron chi connectivity index (χ2n) is 2.41. The van der Waals surface area contributed by atoms with Crippen LogP contribution in [-0.4, -0.2) is 13.2 Å². The van der Waals surface area contributed by atoms with Gasteiger partial charge in [0.2, 0.25) is 0 Å². The van der Waals surface area contributed by atoms with Crippen molar-refractivity contribution in [2.24, 2.45) is 11.8 Å². The molecule has 1 heteroatoms. The Morgan fingerprint density at radius 3 is 2.44 bits per heavy atom. The monoisotopic (exact) mass is 133 g/mol. The highest BCUT2D eigenvalue weighted by Crippen LogP contribution is 2.22. The molecule has 1 rings (SSSR count). The van der Waals surface area contributed by atoms with Gasteiger partial charge in [-0.2, -0.15) is 0 Å². The Bertz CT molecular complexity index is 210. The fourth-order valence-corrected chi connectivity index (χ4v) is 0.779. The molecule has 0 unspecified atom stereocenters. The minimum Gasteiger partial charge on any atom is -0.381 e. The van der Waals surface area contributed by atoms with Crippen molar-refractivity contribution in [1.82, 2.24) is 0 Å². The van der Waals surface area contributed by atoms with Crippen LogP contribution in [0.3, 0.4) is 0 Å². The zero-order chi connectivity index (χ0) is 11.2. The van der Waals surface area contributed by atoms with Crippen LogP contribution >= 0.6 is 0 Å². The van der Waals surface area contributed by atoms with E-state index in [0.29, 0.717) is 0 Å². The van der Waals surface area contributed by atoms with Crippen LogP contribution in [0.25, 0.3) is 0 Å². The molecule has 0 bridgehead atoms. The van der Waals surface area contributed by atoms with Crippen molar-refractivity contribution >= 4 is 0 Å². The summed E-state index contributed by atoms with van der Waals surface area (Å²) in [5, 5.41) is 0. The zero-order valence-corrected chi connectivity index (χ0v) is 5.90. The van der Waals surface area contributed by atoms with Gasteiger partial charge in [0, 0.05) is 20.1 Å². The summed E-state index contributed by atoms with van der Waals surface area (Å²) in [6.07, 6.45) is -3.88. The minimum absolute atomic E-state index is 0.200. The Morgan fingerprint density at radius 1 is 1.56 bits per heavy atom. The van der Waals surface area contributed by atoms with Crippen LogP contribution in [0.5, 0.6) is 0 Å². The zero-order valence-electron chi connectivity index (χ0n) is 10.9. The largest absolute Gasteiger partial charge is 0.381 e. The average molecular weight is 133 g/mol. The van der Waals surface area contributed by atoms with E-state index in [-0.39, 0.29) is 13.2 Å². The lowest BCUT2D eigenvalue weighted by atomic mass is 9.89. The van der Waals surface area contributed by atoms with Crippen LogP contribution in [-0.2, 0) is 4.74 Å². The van der Waals surface area contributed by atoms with Crippen molar-refractivity contribution in [1.29, 1.82) is 0 Å². The van der Waals surface area contributed by atoms with E-state index >= 15 is 0 Å². The highest BCUT2D eigenvalue weighted by atomic mass is 16.5. The minimum atomic E-state index is -1.94.